The lowest BCUT2D eigenvalue weighted by molar-refractivity contribution is -0.383. The fourth-order valence-corrected chi connectivity index (χ4v) is 11.7. The van der Waals surface area contributed by atoms with Gasteiger partial charge in [-0.05, 0) is 6.92 Å². The second-order valence-corrected chi connectivity index (χ2v) is 22.9. The van der Waals surface area contributed by atoms with E-state index in [1.807, 2.05) is 0 Å². The van der Waals surface area contributed by atoms with Gasteiger partial charge in [0.15, 0.2) is 18.9 Å². The summed E-state index contributed by atoms with van der Waals surface area (Å²) < 4.78 is 64.0. The lowest BCUT2D eigenvalue weighted by atomic mass is 9.88. The first kappa shape index (κ1) is 75.7. The minimum Gasteiger partial charge on any atom is -0.477 e. The normalized spacial score (nSPS) is 43.5. The van der Waals surface area contributed by atoms with Gasteiger partial charge in [0.25, 0.3) is 11.6 Å². The Bertz CT molecular complexity index is 2450. The van der Waals surface area contributed by atoms with Gasteiger partial charge in [0, 0.05) is 40.5 Å². The number of carbonyl (C=O) groups excluding carboxylic acids is 4. The molecule has 40 heteroatoms. The maximum atomic E-state index is 13.1. The third-order valence-electron chi connectivity index (χ3n) is 16.2. The Morgan fingerprint density at radius 2 is 0.824 bits per heavy atom. The SMILES string of the molecule is CC(=O)NC1[C@H](OCC2O[C@@H](C)C(NC(C)=O)[C@@H](O[C@@H]3OC(CO)[C@H](O)[C@H](O[C@]4(C(=O)O)CC(O)[C@@H](NC(C)=O)C([C@H](O)[C@H](O)CO)O4)C3O)[C@H]2O)OC(CO)[C@H](O[C@@H]2OC(CO)[C@H](O)[C@H](O[C@]3(C(=O)O)CC(O)[C@@H](NC(C)=O)C([C@H](O)[C@H](O)CO)O3)C2O)[C@@H]1O. The molecule has 0 aromatic rings. The van der Waals surface area contributed by atoms with E-state index in [2.05, 4.69) is 21.3 Å². The fourth-order valence-electron chi connectivity index (χ4n) is 11.7. The molecule has 0 bridgehead atoms. The number of ether oxygens (including phenoxy) is 11. The Morgan fingerprint density at radius 1 is 0.462 bits per heavy atom. The van der Waals surface area contributed by atoms with Crippen LogP contribution in [-0.4, -0.2) is 367 Å². The van der Waals surface area contributed by atoms with E-state index in [0.717, 1.165) is 27.7 Å². The van der Waals surface area contributed by atoms with Crippen molar-refractivity contribution in [3.05, 3.63) is 0 Å². The van der Waals surface area contributed by atoms with Crippen molar-refractivity contribution in [2.45, 2.75) is 242 Å². The van der Waals surface area contributed by atoms with Crippen LogP contribution in [0.4, 0.5) is 0 Å². The van der Waals surface area contributed by atoms with Crippen LogP contribution < -0.4 is 21.3 Å². The highest BCUT2D eigenvalue weighted by Gasteiger charge is 2.63. The molecule has 6 rings (SSSR count). The molecule has 0 spiro atoms. The van der Waals surface area contributed by atoms with Gasteiger partial charge < -0.3 is 170 Å². The standard InChI is InChI=1S/C51H84N4O36/c1-14-27(52-15(2)61)40(87-47-38(76)44(34(72)24(11-59)84-47)91-51(49(79)80)7-20(66)29(54-17(4)63)42(89-51)32(70)22(68)9-57)35(73)26(82-14)13-81-45-30(55-18(5)64)36(74)39(25(12-60)85-45)86-46-37(75)43(33(71)23(10-58)83-46)90-50(48(77)78)6-19(65)28(53-16(3)62)41(88-50)31(69)21(67)8-56/h14,19-47,56-60,65-76H,6-13H2,1-5H3,(H,52,61)(H,53,62)(H,54,63)(H,55,64)(H,77,78)(H,79,80)/t14-,19?,20?,21+,22+,23?,24?,25?,26?,27?,28+,29+,30?,31+,32+,33-,34-,35-,36+,37?,38?,39-,40+,41?,42?,43-,44-,45+,46-,47-,50-,51-/m0/s1. The van der Waals surface area contributed by atoms with Crippen LogP contribution in [0.5, 0.6) is 0 Å². The van der Waals surface area contributed by atoms with Gasteiger partial charge in [-0.25, -0.2) is 9.59 Å². The molecular weight excluding hydrogens is 1240 g/mol. The van der Waals surface area contributed by atoms with E-state index in [0.29, 0.717) is 0 Å². The molecule has 524 valence electrons. The zero-order valence-electron chi connectivity index (χ0n) is 49.4. The van der Waals surface area contributed by atoms with Crippen molar-refractivity contribution in [2.75, 3.05) is 39.6 Å². The van der Waals surface area contributed by atoms with Crippen LogP contribution in [0.25, 0.3) is 0 Å². The number of hydrogen-bond donors (Lipinski definition) is 23. The number of carbonyl (C=O) groups is 6. The zero-order chi connectivity index (χ0) is 68.0. The lowest BCUT2D eigenvalue weighted by Crippen LogP contribution is -2.71. The molecule has 12 unspecified atom stereocenters. The van der Waals surface area contributed by atoms with Gasteiger partial charge in [-0.1, -0.05) is 0 Å². The van der Waals surface area contributed by atoms with Gasteiger partial charge in [-0.2, -0.15) is 0 Å². The number of hydrogen-bond acceptors (Lipinski definition) is 34. The number of aliphatic carboxylic acids is 2. The number of carboxylic acids is 2. The highest BCUT2D eigenvalue weighted by molar-refractivity contribution is 5.78. The van der Waals surface area contributed by atoms with Gasteiger partial charge in [0.2, 0.25) is 23.6 Å². The summed E-state index contributed by atoms with van der Waals surface area (Å²) in [6.45, 7) is -1.09. The summed E-state index contributed by atoms with van der Waals surface area (Å²) in [5.41, 5.74) is 0. The lowest BCUT2D eigenvalue weighted by Gasteiger charge is -2.51. The average Bonchev–Trinajstić information content (AvgIpc) is 0.773. The Kier molecular flexibility index (Phi) is 26.6. The summed E-state index contributed by atoms with van der Waals surface area (Å²) in [6, 6.07) is -6.53. The van der Waals surface area contributed by atoms with Crippen LogP contribution in [0, 0.1) is 0 Å². The van der Waals surface area contributed by atoms with Crippen molar-refractivity contribution in [3.8, 4) is 0 Å². The number of carboxylic acid groups (broad SMARTS) is 2. The largest absolute Gasteiger partial charge is 0.477 e. The molecule has 91 heavy (non-hydrogen) atoms. The molecule has 4 amide bonds. The van der Waals surface area contributed by atoms with Crippen molar-refractivity contribution in [1.29, 1.82) is 0 Å². The third-order valence-corrected chi connectivity index (χ3v) is 16.2. The van der Waals surface area contributed by atoms with Crippen LogP contribution in [0.2, 0.25) is 0 Å². The summed E-state index contributed by atoms with van der Waals surface area (Å²) in [7, 11) is 0. The Balaban J connectivity index is 1.23. The van der Waals surface area contributed by atoms with Crippen molar-refractivity contribution in [1.82, 2.24) is 21.3 Å². The first-order chi connectivity index (χ1) is 42.6. The molecule has 6 heterocycles. The molecule has 6 aliphatic rings. The van der Waals surface area contributed by atoms with Crippen LogP contribution in [0.15, 0.2) is 0 Å². The molecule has 0 aromatic carbocycles. The van der Waals surface area contributed by atoms with E-state index < -0.39 is 283 Å². The molecule has 32 atom stereocenters. The van der Waals surface area contributed by atoms with Crippen LogP contribution in [-0.2, 0) is 80.9 Å². The summed E-state index contributed by atoms with van der Waals surface area (Å²) in [4.78, 5) is 75.7. The first-order valence-corrected chi connectivity index (χ1v) is 28.7. The molecule has 6 saturated heterocycles. The summed E-state index contributed by atoms with van der Waals surface area (Å²) >= 11 is 0. The van der Waals surface area contributed by atoms with Crippen molar-refractivity contribution in [3.63, 3.8) is 0 Å². The van der Waals surface area contributed by atoms with Crippen LogP contribution in [0.3, 0.4) is 0 Å². The van der Waals surface area contributed by atoms with Crippen molar-refractivity contribution < 1.29 is 178 Å². The maximum Gasteiger partial charge on any atom is 0.364 e. The van der Waals surface area contributed by atoms with E-state index in [4.69, 9.17) is 52.1 Å². The molecule has 0 radical (unpaired) electrons. The van der Waals surface area contributed by atoms with Gasteiger partial charge in [-0.15, -0.1) is 0 Å². The summed E-state index contributed by atoms with van der Waals surface area (Å²) in [5.74, 6) is -13.8. The molecular formula is C51H84N4O36. The highest BCUT2D eigenvalue weighted by atomic mass is 16.8. The zero-order valence-corrected chi connectivity index (χ0v) is 49.4. The molecule has 0 aliphatic carbocycles. The predicted octanol–water partition coefficient (Wildman–Crippen LogP) is -14.0. The molecule has 0 aromatic heterocycles. The Morgan fingerprint density at radius 3 is 1.20 bits per heavy atom. The van der Waals surface area contributed by atoms with Crippen molar-refractivity contribution >= 4 is 35.6 Å². The minimum absolute atomic E-state index is 0.749. The number of aliphatic hydroxyl groups is 17. The van der Waals surface area contributed by atoms with E-state index in [1.165, 1.54) is 6.92 Å². The molecule has 6 fully saturated rings. The first-order valence-electron chi connectivity index (χ1n) is 28.7. The summed E-state index contributed by atoms with van der Waals surface area (Å²) in [5, 5.41) is 216. The Hall–Kier alpha value is -4.30. The van der Waals surface area contributed by atoms with Crippen LogP contribution in [0.1, 0.15) is 47.5 Å². The fraction of sp³-hybridized carbons (Fsp3) is 0.882. The van der Waals surface area contributed by atoms with E-state index in [1.54, 1.807) is 0 Å². The third kappa shape index (κ3) is 16.9. The summed E-state index contributed by atoms with van der Waals surface area (Å²) in [6.07, 6.45) is -55.4. The quantitative estimate of drug-likeness (QED) is 0.0382. The smallest absolute Gasteiger partial charge is 0.364 e. The van der Waals surface area contributed by atoms with E-state index >= 15 is 0 Å². The van der Waals surface area contributed by atoms with Gasteiger partial charge >= 0.3 is 11.9 Å². The van der Waals surface area contributed by atoms with Crippen LogP contribution >= 0.6 is 0 Å². The number of amides is 4. The molecule has 23 N–H and O–H groups in total. The predicted molar refractivity (Wildman–Crippen MR) is 283 cm³/mol. The average molecular weight is 1330 g/mol. The minimum atomic E-state index is -3.20. The molecule has 6 aliphatic heterocycles. The topological polar surface area (TPSA) is 636 Å². The number of rotatable bonds is 26. The second-order valence-electron chi connectivity index (χ2n) is 22.9. The molecule has 40 nitrogen and oxygen atoms in total. The number of aliphatic hydroxyl groups excluding tert-OH is 17. The van der Waals surface area contributed by atoms with E-state index in [-0.39, 0.29) is 0 Å². The Labute approximate surface area is 515 Å². The van der Waals surface area contributed by atoms with Gasteiger partial charge in [0.05, 0.1) is 76.1 Å². The van der Waals surface area contributed by atoms with Crippen molar-refractivity contribution in [2.24, 2.45) is 0 Å². The molecule has 0 saturated carbocycles. The van der Waals surface area contributed by atoms with E-state index in [9.17, 15) is 126 Å². The van der Waals surface area contributed by atoms with Gasteiger partial charge in [-0.3, -0.25) is 19.2 Å². The number of nitrogens with one attached hydrogen (secondary N) is 4. The monoisotopic (exact) mass is 1330 g/mol. The second kappa shape index (κ2) is 32.0. The highest BCUT2D eigenvalue weighted by Crippen LogP contribution is 2.41. The van der Waals surface area contributed by atoms with Gasteiger partial charge in [0.1, 0.15) is 128 Å². The maximum absolute atomic E-state index is 13.1.